The van der Waals surface area contributed by atoms with Crippen LogP contribution in [0.1, 0.15) is 27.7 Å². The summed E-state index contributed by atoms with van der Waals surface area (Å²) in [6, 6.07) is 5.80. The first-order valence-electron chi connectivity index (χ1n) is 8.16. The van der Waals surface area contributed by atoms with Gasteiger partial charge in [-0.25, -0.2) is 0 Å². The van der Waals surface area contributed by atoms with Gasteiger partial charge >= 0.3 is 0 Å². The van der Waals surface area contributed by atoms with Crippen molar-refractivity contribution in [2.75, 3.05) is 36.0 Å². The first-order chi connectivity index (χ1) is 11.0. The third-order valence-corrected chi connectivity index (χ3v) is 4.37. The maximum absolute atomic E-state index is 11.9. The van der Waals surface area contributed by atoms with Gasteiger partial charge in [0.1, 0.15) is 0 Å². The second kappa shape index (κ2) is 6.86. The minimum atomic E-state index is -0.793. The molecular formula is C18H24N2O3. The van der Waals surface area contributed by atoms with Crippen LogP contribution in [0.5, 0.6) is 5.75 Å². The van der Waals surface area contributed by atoms with Crippen LogP contribution >= 0.6 is 0 Å². The lowest BCUT2D eigenvalue weighted by molar-refractivity contribution is 0.465. The topological polar surface area (TPSA) is 60.9 Å². The lowest BCUT2D eigenvalue weighted by atomic mass is 9.97. The fourth-order valence-electron chi connectivity index (χ4n) is 2.97. The number of hydrogen-bond donors (Lipinski definition) is 1. The van der Waals surface area contributed by atoms with Crippen LogP contribution in [0.4, 0.5) is 11.4 Å². The highest BCUT2D eigenvalue weighted by atomic mass is 16.3. The van der Waals surface area contributed by atoms with Crippen LogP contribution in [0.25, 0.3) is 11.1 Å². The van der Waals surface area contributed by atoms with E-state index in [-0.39, 0.29) is 5.56 Å². The van der Waals surface area contributed by atoms with E-state index in [1.165, 1.54) is 0 Å². The average molecular weight is 316 g/mol. The van der Waals surface area contributed by atoms with Gasteiger partial charge in [-0.05, 0) is 45.9 Å². The summed E-state index contributed by atoms with van der Waals surface area (Å²) in [5.41, 5.74) is 1.32. The SMILES string of the molecule is CCN(CC)c1ccc(-c2c(O)c(=O)c2=O)c(N(CC)CC)c1. The number of anilines is 2. The molecule has 0 atom stereocenters. The van der Waals surface area contributed by atoms with E-state index < -0.39 is 16.6 Å². The van der Waals surface area contributed by atoms with Crippen molar-refractivity contribution in [2.24, 2.45) is 0 Å². The van der Waals surface area contributed by atoms with Crippen molar-refractivity contribution in [1.82, 2.24) is 0 Å². The van der Waals surface area contributed by atoms with E-state index >= 15 is 0 Å². The van der Waals surface area contributed by atoms with E-state index in [0.29, 0.717) is 5.56 Å². The number of aromatic hydroxyl groups is 1. The zero-order valence-corrected chi connectivity index (χ0v) is 14.2. The number of benzene rings is 1. The van der Waals surface area contributed by atoms with Crippen LogP contribution in [0.15, 0.2) is 27.8 Å². The molecule has 0 aliphatic rings. The highest BCUT2D eigenvalue weighted by molar-refractivity contribution is 5.86. The van der Waals surface area contributed by atoms with Gasteiger partial charge in [-0.15, -0.1) is 0 Å². The Kier molecular flexibility index (Phi) is 5.08. The van der Waals surface area contributed by atoms with Crippen molar-refractivity contribution in [2.45, 2.75) is 27.7 Å². The van der Waals surface area contributed by atoms with Crippen LogP contribution in [-0.4, -0.2) is 31.3 Å². The smallest absolute Gasteiger partial charge is 0.268 e. The van der Waals surface area contributed by atoms with E-state index in [9.17, 15) is 14.7 Å². The molecular weight excluding hydrogens is 292 g/mol. The predicted octanol–water partition coefficient (Wildman–Crippen LogP) is 2.35. The van der Waals surface area contributed by atoms with Crippen molar-refractivity contribution in [3.05, 3.63) is 38.6 Å². The molecule has 124 valence electrons. The van der Waals surface area contributed by atoms with E-state index in [1.54, 1.807) is 0 Å². The van der Waals surface area contributed by atoms with Crippen LogP contribution < -0.4 is 20.7 Å². The molecule has 5 nitrogen and oxygen atoms in total. The Morgan fingerprint density at radius 2 is 1.43 bits per heavy atom. The Labute approximate surface area is 136 Å². The summed E-state index contributed by atoms with van der Waals surface area (Å²) in [5.74, 6) is -0.418. The Balaban J connectivity index is 2.63. The predicted molar refractivity (Wildman–Crippen MR) is 95.6 cm³/mol. The summed E-state index contributed by atoms with van der Waals surface area (Å²) in [5, 5.41) is 9.80. The van der Waals surface area contributed by atoms with Crippen LogP contribution in [0.2, 0.25) is 0 Å². The maximum atomic E-state index is 11.9. The Morgan fingerprint density at radius 1 is 0.870 bits per heavy atom. The van der Waals surface area contributed by atoms with Gasteiger partial charge in [0.05, 0.1) is 5.56 Å². The van der Waals surface area contributed by atoms with Crippen molar-refractivity contribution in [1.29, 1.82) is 0 Å². The number of hydrogen-bond acceptors (Lipinski definition) is 5. The fourth-order valence-corrected chi connectivity index (χ4v) is 2.97. The minimum absolute atomic E-state index is 0.142. The Bertz CT molecular complexity index is 752. The first kappa shape index (κ1) is 17.1. The van der Waals surface area contributed by atoms with Crippen LogP contribution in [0, 0.1) is 0 Å². The highest BCUT2D eigenvalue weighted by Crippen LogP contribution is 2.36. The molecule has 0 heterocycles. The van der Waals surface area contributed by atoms with Gasteiger partial charge in [0.2, 0.25) is 5.43 Å². The van der Waals surface area contributed by atoms with E-state index in [4.69, 9.17) is 0 Å². The Hall–Kier alpha value is -2.30. The molecule has 0 fully saturated rings. The Morgan fingerprint density at radius 3 is 1.91 bits per heavy atom. The molecule has 0 bridgehead atoms. The number of nitrogens with zero attached hydrogens (tertiary/aromatic N) is 2. The van der Waals surface area contributed by atoms with Gasteiger partial charge in [-0.3, -0.25) is 9.59 Å². The summed E-state index contributed by atoms with van der Waals surface area (Å²) in [6.07, 6.45) is 0. The molecule has 0 saturated carbocycles. The van der Waals surface area contributed by atoms with E-state index in [0.717, 1.165) is 37.6 Å². The van der Waals surface area contributed by atoms with Gasteiger partial charge < -0.3 is 14.9 Å². The van der Waals surface area contributed by atoms with E-state index in [2.05, 4.69) is 23.6 Å². The molecule has 2 rings (SSSR count). The van der Waals surface area contributed by atoms with Crippen molar-refractivity contribution in [3.8, 4) is 16.9 Å². The molecule has 0 amide bonds. The van der Waals surface area contributed by atoms with Crippen molar-refractivity contribution < 1.29 is 5.11 Å². The van der Waals surface area contributed by atoms with Gasteiger partial charge in [0.15, 0.2) is 5.75 Å². The normalized spacial score (nSPS) is 11.0. The molecule has 23 heavy (non-hydrogen) atoms. The van der Waals surface area contributed by atoms with Crippen molar-refractivity contribution in [3.63, 3.8) is 0 Å². The van der Waals surface area contributed by atoms with Crippen LogP contribution in [0.3, 0.4) is 0 Å². The second-order valence-electron chi connectivity index (χ2n) is 5.43. The third-order valence-electron chi connectivity index (χ3n) is 4.37. The molecule has 0 unspecified atom stereocenters. The largest absolute Gasteiger partial charge is 0.503 e. The summed E-state index contributed by atoms with van der Waals surface area (Å²) in [4.78, 5) is 27.6. The van der Waals surface area contributed by atoms with E-state index in [1.807, 2.05) is 32.0 Å². The molecule has 2 aromatic rings. The second-order valence-corrected chi connectivity index (χ2v) is 5.43. The average Bonchev–Trinajstić information content (AvgIpc) is 2.58. The van der Waals surface area contributed by atoms with Gasteiger partial charge in [0, 0.05) is 43.1 Å². The molecule has 1 N–H and O–H groups in total. The van der Waals surface area contributed by atoms with Gasteiger partial charge in [-0.1, -0.05) is 0 Å². The molecule has 0 saturated heterocycles. The van der Waals surface area contributed by atoms with Crippen molar-refractivity contribution >= 4 is 11.4 Å². The maximum Gasteiger partial charge on any atom is 0.268 e. The standard InChI is InChI=1S/C18H24N2O3/c1-5-19(6-2)12-9-10-13(14(11-12)20(7-3)8-4)15-16(21)18(23)17(15)22/h9-11,21H,5-8H2,1-4H3. The molecule has 0 aliphatic carbocycles. The monoisotopic (exact) mass is 316 g/mol. The highest BCUT2D eigenvalue weighted by Gasteiger charge is 2.25. The van der Waals surface area contributed by atoms with Gasteiger partial charge in [0.25, 0.3) is 5.43 Å². The molecule has 2 aromatic carbocycles. The zero-order chi connectivity index (χ0) is 17.1. The van der Waals surface area contributed by atoms with Crippen LogP contribution in [-0.2, 0) is 0 Å². The quantitative estimate of drug-likeness (QED) is 0.795. The lowest BCUT2D eigenvalue weighted by Crippen LogP contribution is -2.33. The summed E-state index contributed by atoms with van der Waals surface area (Å²) in [6.45, 7) is 11.6. The summed E-state index contributed by atoms with van der Waals surface area (Å²) >= 11 is 0. The first-order valence-corrected chi connectivity index (χ1v) is 8.16. The zero-order valence-electron chi connectivity index (χ0n) is 14.2. The molecule has 0 aliphatic heterocycles. The molecule has 0 spiro atoms. The molecule has 0 aromatic heterocycles. The van der Waals surface area contributed by atoms with Gasteiger partial charge in [-0.2, -0.15) is 0 Å². The molecule has 5 heteroatoms. The third kappa shape index (κ3) is 2.83. The lowest BCUT2D eigenvalue weighted by Gasteiger charge is -2.28. The number of rotatable bonds is 7. The minimum Gasteiger partial charge on any atom is -0.503 e. The fraction of sp³-hybridized carbons (Fsp3) is 0.444. The summed E-state index contributed by atoms with van der Waals surface area (Å²) < 4.78 is 0. The molecule has 0 radical (unpaired) electrons. The summed E-state index contributed by atoms with van der Waals surface area (Å²) in [7, 11) is 0.